The van der Waals surface area contributed by atoms with Crippen molar-refractivity contribution in [3.8, 4) is 0 Å². The standard InChI is InChI=1S/C15H19Cl2N3/c1-14(2,3)11-8-7-9(16)18-12(17)10(8)19-13(20-11)15(4,5)6/h7H,1-6H3. The quantitative estimate of drug-likeness (QED) is 0.648. The first-order valence-corrected chi connectivity index (χ1v) is 7.30. The minimum absolute atomic E-state index is 0.130. The van der Waals surface area contributed by atoms with Gasteiger partial charge in [0.05, 0.1) is 5.69 Å². The monoisotopic (exact) mass is 311 g/mol. The predicted molar refractivity (Wildman–Crippen MR) is 84.8 cm³/mol. The maximum Gasteiger partial charge on any atom is 0.157 e. The second kappa shape index (κ2) is 4.81. The van der Waals surface area contributed by atoms with Gasteiger partial charge in [-0.2, -0.15) is 0 Å². The van der Waals surface area contributed by atoms with Crippen molar-refractivity contribution in [1.29, 1.82) is 0 Å². The molecule has 0 bridgehead atoms. The van der Waals surface area contributed by atoms with E-state index in [0.717, 1.165) is 16.9 Å². The summed E-state index contributed by atoms with van der Waals surface area (Å²) in [7, 11) is 0. The maximum atomic E-state index is 6.22. The van der Waals surface area contributed by atoms with Crippen molar-refractivity contribution >= 4 is 34.1 Å². The molecule has 2 heterocycles. The summed E-state index contributed by atoms with van der Waals surface area (Å²) in [6.07, 6.45) is 0. The molecule has 0 aliphatic rings. The van der Waals surface area contributed by atoms with E-state index in [9.17, 15) is 0 Å². The lowest BCUT2D eigenvalue weighted by Crippen LogP contribution is -2.22. The van der Waals surface area contributed by atoms with Crippen LogP contribution in [-0.2, 0) is 10.8 Å². The van der Waals surface area contributed by atoms with Gasteiger partial charge in [-0.05, 0) is 6.07 Å². The van der Waals surface area contributed by atoms with E-state index in [4.69, 9.17) is 28.2 Å². The first-order valence-electron chi connectivity index (χ1n) is 6.55. The molecule has 0 aromatic carbocycles. The van der Waals surface area contributed by atoms with Gasteiger partial charge in [0.15, 0.2) is 5.15 Å². The molecule has 2 rings (SSSR count). The van der Waals surface area contributed by atoms with E-state index in [0.29, 0.717) is 15.8 Å². The summed E-state index contributed by atoms with van der Waals surface area (Å²) in [4.78, 5) is 13.5. The summed E-state index contributed by atoms with van der Waals surface area (Å²) < 4.78 is 0. The Balaban J connectivity index is 2.93. The van der Waals surface area contributed by atoms with Crippen LogP contribution < -0.4 is 0 Å². The summed E-state index contributed by atoms with van der Waals surface area (Å²) >= 11 is 12.2. The smallest absolute Gasteiger partial charge is 0.157 e. The molecule has 2 aromatic heterocycles. The average molecular weight is 312 g/mol. The Kier molecular flexibility index (Phi) is 3.72. The van der Waals surface area contributed by atoms with Crippen molar-refractivity contribution in [3.63, 3.8) is 0 Å². The third kappa shape index (κ3) is 2.89. The van der Waals surface area contributed by atoms with E-state index >= 15 is 0 Å². The first kappa shape index (κ1) is 15.5. The Morgan fingerprint density at radius 1 is 0.850 bits per heavy atom. The topological polar surface area (TPSA) is 38.7 Å². The minimum atomic E-state index is -0.156. The van der Waals surface area contributed by atoms with Crippen LogP contribution in [0.3, 0.4) is 0 Å². The van der Waals surface area contributed by atoms with Crippen LogP contribution in [0, 0.1) is 0 Å². The molecule has 0 radical (unpaired) electrons. The molecule has 0 saturated carbocycles. The van der Waals surface area contributed by atoms with E-state index < -0.39 is 0 Å². The van der Waals surface area contributed by atoms with Gasteiger partial charge in [-0.15, -0.1) is 0 Å². The normalized spacial score (nSPS) is 13.0. The highest BCUT2D eigenvalue weighted by Crippen LogP contribution is 2.33. The summed E-state index contributed by atoms with van der Waals surface area (Å²) in [6.45, 7) is 12.6. The lowest BCUT2D eigenvalue weighted by Gasteiger charge is -2.24. The average Bonchev–Trinajstić information content (AvgIpc) is 2.24. The van der Waals surface area contributed by atoms with Crippen molar-refractivity contribution in [2.75, 3.05) is 0 Å². The zero-order chi connectivity index (χ0) is 15.3. The number of rotatable bonds is 0. The predicted octanol–water partition coefficient (Wildman–Crippen LogP) is 4.93. The Labute approximate surface area is 129 Å². The number of nitrogens with zero attached hydrogens (tertiary/aromatic N) is 3. The number of aromatic nitrogens is 3. The van der Waals surface area contributed by atoms with Crippen molar-refractivity contribution in [2.45, 2.75) is 52.4 Å². The van der Waals surface area contributed by atoms with Gasteiger partial charge in [-0.3, -0.25) is 0 Å². The van der Waals surface area contributed by atoms with Gasteiger partial charge in [0.25, 0.3) is 0 Å². The maximum absolute atomic E-state index is 6.22. The summed E-state index contributed by atoms with van der Waals surface area (Å²) in [5.74, 6) is 0.765. The van der Waals surface area contributed by atoms with E-state index in [2.05, 4.69) is 51.5 Å². The Bertz CT molecular complexity index is 667. The van der Waals surface area contributed by atoms with Gasteiger partial charge in [-0.25, -0.2) is 15.0 Å². The number of pyridine rings is 1. The van der Waals surface area contributed by atoms with Crippen LogP contribution in [0.2, 0.25) is 10.3 Å². The largest absolute Gasteiger partial charge is 0.236 e. The SMILES string of the molecule is CC(C)(C)c1nc(C(C)(C)C)c2cc(Cl)nc(Cl)c2n1. The molecular weight excluding hydrogens is 293 g/mol. The van der Waals surface area contributed by atoms with Gasteiger partial charge in [0.2, 0.25) is 0 Å². The molecule has 0 aliphatic carbocycles. The number of halogens is 2. The third-order valence-electron chi connectivity index (χ3n) is 2.99. The molecule has 0 spiro atoms. The number of hydrogen-bond acceptors (Lipinski definition) is 3. The van der Waals surface area contributed by atoms with Crippen LogP contribution in [-0.4, -0.2) is 15.0 Å². The summed E-state index contributed by atoms with van der Waals surface area (Å²) in [6, 6.07) is 1.79. The summed E-state index contributed by atoms with van der Waals surface area (Å²) in [5, 5.41) is 1.56. The lowest BCUT2D eigenvalue weighted by atomic mass is 9.88. The second-order valence-corrected chi connectivity index (χ2v) is 7.77. The Morgan fingerprint density at radius 3 is 1.95 bits per heavy atom. The van der Waals surface area contributed by atoms with Crippen LogP contribution in [0.15, 0.2) is 6.07 Å². The van der Waals surface area contributed by atoms with E-state index in [1.807, 2.05) is 0 Å². The molecule has 0 atom stereocenters. The fourth-order valence-corrected chi connectivity index (χ4v) is 2.44. The van der Waals surface area contributed by atoms with Gasteiger partial charge in [0.1, 0.15) is 16.5 Å². The lowest BCUT2D eigenvalue weighted by molar-refractivity contribution is 0.520. The zero-order valence-electron chi connectivity index (χ0n) is 12.7. The van der Waals surface area contributed by atoms with Gasteiger partial charge in [-0.1, -0.05) is 64.7 Å². The van der Waals surface area contributed by atoms with Gasteiger partial charge >= 0.3 is 0 Å². The van der Waals surface area contributed by atoms with Crippen molar-refractivity contribution in [2.24, 2.45) is 0 Å². The van der Waals surface area contributed by atoms with Crippen LogP contribution in [0.4, 0.5) is 0 Å². The Hall–Kier alpha value is -0.930. The van der Waals surface area contributed by atoms with Crippen LogP contribution in [0.5, 0.6) is 0 Å². The number of fused-ring (bicyclic) bond motifs is 1. The molecule has 0 amide bonds. The van der Waals surface area contributed by atoms with Crippen LogP contribution in [0.25, 0.3) is 10.9 Å². The first-order chi connectivity index (χ1) is 9.00. The molecular formula is C15H19Cl2N3. The van der Waals surface area contributed by atoms with Crippen LogP contribution >= 0.6 is 23.2 Å². The van der Waals surface area contributed by atoms with E-state index in [1.165, 1.54) is 0 Å². The van der Waals surface area contributed by atoms with Crippen molar-refractivity contribution < 1.29 is 0 Å². The molecule has 3 nitrogen and oxygen atoms in total. The van der Waals surface area contributed by atoms with Crippen molar-refractivity contribution in [3.05, 3.63) is 27.9 Å². The molecule has 0 aliphatic heterocycles. The van der Waals surface area contributed by atoms with E-state index in [1.54, 1.807) is 6.07 Å². The zero-order valence-corrected chi connectivity index (χ0v) is 14.2. The molecule has 108 valence electrons. The molecule has 20 heavy (non-hydrogen) atoms. The molecule has 0 fully saturated rings. The fourth-order valence-electron chi connectivity index (χ4n) is 1.97. The third-order valence-corrected chi connectivity index (χ3v) is 3.45. The fraction of sp³-hybridized carbons (Fsp3) is 0.533. The van der Waals surface area contributed by atoms with Crippen molar-refractivity contribution in [1.82, 2.24) is 15.0 Å². The molecule has 5 heteroatoms. The highest BCUT2D eigenvalue weighted by atomic mass is 35.5. The molecule has 0 unspecified atom stereocenters. The minimum Gasteiger partial charge on any atom is -0.236 e. The highest BCUT2D eigenvalue weighted by Gasteiger charge is 2.26. The molecule has 0 saturated heterocycles. The second-order valence-electron chi connectivity index (χ2n) is 7.03. The van der Waals surface area contributed by atoms with Gasteiger partial charge in [0, 0.05) is 16.2 Å². The molecule has 2 aromatic rings. The number of hydrogen-bond donors (Lipinski definition) is 0. The van der Waals surface area contributed by atoms with E-state index in [-0.39, 0.29) is 10.8 Å². The summed E-state index contributed by atoms with van der Waals surface area (Å²) in [5.41, 5.74) is 1.33. The van der Waals surface area contributed by atoms with Gasteiger partial charge < -0.3 is 0 Å². The molecule has 0 N–H and O–H groups in total. The Morgan fingerprint density at radius 2 is 1.45 bits per heavy atom. The van der Waals surface area contributed by atoms with Crippen LogP contribution in [0.1, 0.15) is 53.1 Å². The highest BCUT2D eigenvalue weighted by molar-refractivity contribution is 6.36.